The SMILES string of the molecule is CC1CCc2nc3ccccc3c(C(=O)OCC(=O)Nc3nc4ccc([N+](=O)[O-])cc4s3)c2C1. The summed E-state index contributed by atoms with van der Waals surface area (Å²) in [5, 5.41) is 14.5. The minimum Gasteiger partial charge on any atom is -0.452 e. The largest absolute Gasteiger partial charge is 0.452 e. The van der Waals surface area contributed by atoms with Gasteiger partial charge < -0.3 is 4.74 Å². The van der Waals surface area contributed by atoms with Crippen LogP contribution in [0.3, 0.4) is 0 Å². The second-order valence-corrected chi connectivity index (χ2v) is 9.36. The zero-order valence-electron chi connectivity index (χ0n) is 18.2. The Labute approximate surface area is 197 Å². The number of aromatic nitrogens is 2. The fraction of sp³-hybridized carbons (Fsp3) is 0.250. The number of thiazole rings is 1. The fourth-order valence-corrected chi connectivity index (χ4v) is 5.15. The number of anilines is 1. The number of fused-ring (bicyclic) bond motifs is 3. The highest BCUT2D eigenvalue weighted by molar-refractivity contribution is 7.22. The van der Waals surface area contributed by atoms with Gasteiger partial charge in [0.1, 0.15) is 0 Å². The number of nitrogens with one attached hydrogen (secondary N) is 1. The molecule has 0 spiro atoms. The van der Waals surface area contributed by atoms with Crippen molar-refractivity contribution in [3.05, 3.63) is 69.4 Å². The minimum atomic E-state index is -0.556. The lowest BCUT2D eigenvalue weighted by atomic mass is 9.84. The van der Waals surface area contributed by atoms with E-state index in [0.29, 0.717) is 27.1 Å². The van der Waals surface area contributed by atoms with Crippen LogP contribution in [0.1, 0.15) is 35.0 Å². The topological polar surface area (TPSA) is 124 Å². The Kier molecular flexibility index (Phi) is 5.66. The molecule has 2 heterocycles. The Morgan fingerprint density at radius 2 is 2.03 bits per heavy atom. The third kappa shape index (κ3) is 4.19. The first kappa shape index (κ1) is 21.9. The van der Waals surface area contributed by atoms with Gasteiger partial charge in [-0.1, -0.05) is 36.5 Å². The first-order valence-electron chi connectivity index (χ1n) is 10.8. The molecule has 2 aromatic carbocycles. The predicted octanol–water partition coefficient (Wildman–Crippen LogP) is 4.67. The second-order valence-electron chi connectivity index (χ2n) is 8.33. The van der Waals surface area contributed by atoms with Gasteiger partial charge in [0.2, 0.25) is 0 Å². The predicted molar refractivity (Wildman–Crippen MR) is 128 cm³/mol. The summed E-state index contributed by atoms with van der Waals surface area (Å²) in [4.78, 5) is 45.1. The van der Waals surface area contributed by atoms with E-state index in [-0.39, 0.29) is 10.8 Å². The molecule has 1 amide bonds. The van der Waals surface area contributed by atoms with Crippen LogP contribution in [0.25, 0.3) is 21.1 Å². The molecule has 5 rings (SSSR count). The van der Waals surface area contributed by atoms with Crippen LogP contribution in [0.2, 0.25) is 0 Å². The van der Waals surface area contributed by atoms with E-state index in [1.54, 1.807) is 0 Å². The number of nitro groups is 1. The van der Waals surface area contributed by atoms with Crippen molar-refractivity contribution in [2.45, 2.75) is 26.2 Å². The highest BCUT2D eigenvalue weighted by Crippen LogP contribution is 2.32. The van der Waals surface area contributed by atoms with Crippen molar-refractivity contribution >= 4 is 55.2 Å². The normalized spacial score (nSPS) is 15.1. The van der Waals surface area contributed by atoms with Crippen molar-refractivity contribution in [1.29, 1.82) is 0 Å². The van der Waals surface area contributed by atoms with E-state index in [1.807, 2.05) is 24.3 Å². The van der Waals surface area contributed by atoms with E-state index >= 15 is 0 Å². The highest BCUT2D eigenvalue weighted by Gasteiger charge is 2.26. The zero-order valence-corrected chi connectivity index (χ0v) is 19.1. The molecule has 0 saturated heterocycles. The summed E-state index contributed by atoms with van der Waals surface area (Å²) in [6.07, 6.45) is 2.56. The number of para-hydroxylation sites is 1. The van der Waals surface area contributed by atoms with Gasteiger partial charge in [-0.2, -0.15) is 0 Å². The average molecular weight is 477 g/mol. The van der Waals surface area contributed by atoms with Crippen LogP contribution < -0.4 is 5.32 Å². The number of hydrogen-bond donors (Lipinski definition) is 1. The molecule has 9 nitrogen and oxygen atoms in total. The van der Waals surface area contributed by atoms with Crippen LogP contribution in [0.15, 0.2) is 42.5 Å². The molecule has 0 radical (unpaired) electrons. The Balaban J connectivity index is 1.33. The van der Waals surface area contributed by atoms with E-state index in [9.17, 15) is 19.7 Å². The van der Waals surface area contributed by atoms with E-state index in [2.05, 4.69) is 17.2 Å². The number of esters is 1. The van der Waals surface area contributed by atoms with Crippen LogP contribution in [0.5, 0.6) is 0 Å². The summed E-state index contributed by atoms with van der Waals surface area (Å²) in [6.45, 7) is 1.67. The summed E-state index contributed by atoms with van der Waals surface area (Å²) < 4.78 is 5.98. The summed E-state index contributed by atoms with van der Waals surface area (Å²) >= 11 is 1.11. The number of aryl methyl sites for hydroxylation is 1. The molecule has 0 fully saturated rings. The number of hydrogen-bond acceptors (Lipinski definition) is 8. The van der Waals surface area contributed by atoms with Gasteiger partial charge in [0.25, 0.3) is 11.6 Å². The van der Waals surface area contributed by atoms with Gasteiger partial charge in [-0.3, -0.25) is 25.2 Å². The van der Waals surface area contributed by atoms with Gasteiger partial charge in [0.05, 0.1) is 26.2 Å². The summed E-state index contributed by atoms with van der Waals surface area (Å²) in [5.74, 6) is -0.665. The molecule has 34 heavy (non-hydrogen) atoms. The molecular weight excluding hydrogens is 456 g/mol. The quantitative estimate of drug-likeness (QED) is 0.252. The number of ether oxygens (including phenoxy) is 1. The summed E-state index contributed by atoms with van der Waals surface area (Å²) in [7, 11) is 0. The van der Waals surface area contributed by atoms with Crippen molar-refractivity contribution in [3.63, 3.8) is 0 Å². The third-order valence-electron chi connectivity index (χ3n) is 5.87. The standard InChI is InChI=1S/C24H20N4O5S/c1-13-6-8-18-16(10-13)22(15-4-2-3-5-17(15)25-18)23(30)33-12-21(29)27-24-26-19-9-7-14(28(31)32)11-20(19)34-24/h2-5,7,9,11,13H,6,8,10,12H2,1H3,(H,26,27,29). The Bertz CT molecular complexity index is 1460. The second kappa shape index (κ2) is 8.79. The third-order valence-corrected chi connectivity index (χ3v) is 6.81. The number of non-ortho nitro benzene ring substituents is 1. The summed E-state index contributed by atoms with van der Waals surface area (Å²) in [6, 6.07) is 11.7. The van der Waals surface area contributed by atoms with Gasteiger partial charge >= 0.3 is 5.97 Å². The highest BCUT2D eigenvalue weighted by atomic mass is 32.1. The molecule has 4 aromatic rings. The van der Waals surface area contributed by atoms with E-state index in [1.165, 1.54) is 18.2 Å². The fourth-order valence-electron chi connectivity index (χ4n) is 4.23. The Morgan fingerprint density at radius 1 is 1.21 bits per heavy atom. The lowest BCUT2D eigenvalue weighted by molar-refractivity contribution is -0.384. The molecule has 2 aromatic heterocycles. The zero-order chi connectivity index (χ0) is 23.8. The smallest absolute Gasteiger partial charge is 0.339 e. The number of nitro benzene ring substituents is 1. The minimum absolute atomic E-state index is 0.0508. The first-order chi connectivity index (χ1) is 16.4. The molecule has 1 aliphatic carbocycles. The maximum atomic E-state index is 13.1. The van der Waals surface area contributed by atoms with Crippen molar-refractivity contribution < 1.29 is 19.2 Å². The number of rotatable bonds is 5. The molecule has 0 bridgehead atoms. The van der Waals surface area contributed by atoms with Gasteiger partial charge in [-0.05, 0) is 42.9 Å². The van der Waals surface area contributed by atoms with Crippen LogP contribution in [-0.4, -0.2) is 33.4 Å². The Hall–Kier alpha value is -3.92. The van der Waals surface area contributed by atoms with Gasteiger partial charge in [-0.15, -0.1) is 0 Å². The van der Waals surface area contributed by atoms with Gasteiger partial charge in [0, 0.05) is 23.2 Å². The molecule has 1 aliphatic rings. The molecule has 172 valence electrons. The van der Waals surface area contributed by atoms with Gasteiger partial charge in [-0.25, -0.2) is 9.78 Å². The number of carbonyl (C=O) groups is 2. The molecule has 0 aliphatic heterocycles. The monoisotopic (exact) mass is 476 g/mol. The van der Waals surface area contributed by atoms with Crippen LogP contribution in [0.4, 0.5) is 10.8 Å². The van der Waals surface area contributed by atoms with Crippen molar-refractivity contribution in [2.75, 3.05) is 11.9 Å². The maximum absolute atomic E-state index is 13.1. The van der Waals surface area contributed by atoms with E-state index in [0.717, 1.165) is 47.4 Å². The number of nitrogens with zero attached hydrogens (tertiary/aromatic N) is 3. The van der Waals surface area contributed by atoms with E-state index < -0.39 is 23.4 Å². The van der Waals surface area contributed by atoms with Crippen molar-refractivity contribution in [2.24, 2.45) is 5.92 Å². The summed E-state index contributed by atoms with van der Waals surface area (Å²) in [5.41, 5.74) is 3.51. The molecule has 1 atom stereocenters. The number of pyridine rings is 1. The first-order valence-corrected chi connectivity index (χ1v) is 11.6. The Morgan fingerprint density at radius 3 is 2.85 bits per heavy atom. The van der Waals surface area contributed by atoms with Gasteiger partial charge in [0.15, 0.2) is 11.7 Å². The number of benzene rings is 2. The molecule has 1 unspecified atom stereocenters. The molecule has 0 saturated carbocycles. The lowest BCUT2D eigenvalue weighted by Gasteiger charge is -2.24. The molecule has 1 N–H and O–H groups in total. The maximum Gasteiger partial charge on any atom is 0.339 e. The lowest BCUT2D eigenvalue weighted by Crippen LogP contribution is -2.23. The van der Waals surface area contributed by atoms with Crippen molar-refractivity contribution in [3.8, 4) is 0 Å². The molecular formula is C24H20N4O5S. The average Bonchev–Trinajstić information content (AvgIpc) is 3.22. The van der Waals surface area contributed by atoms with Crippen LogP contribution in [-0.2, 0) is 22.4 Å². The number of amides is 1. The number of carbonyl (C=O) groups excluding carboxylic acids is 2. The van der Waals surface area contributed by atoms with E-state index in [4.69, 9.17) is 9.72 Å². The van der Waals surface area contributed by atoms with Crippen LogP contribution in [0, 0.1) is 16.0 Å². The molecule has 10 heteroatoms. The van der Waals surface area contributed by atoms with Crippen molar-refractivity contribution in [1.82, 2.24) is 9.97 Å². The van der Waals surface area contributed by atoms with Crippen LogP contribution >= 0.6 is 11.3 Å².